The molecular formula is C14H29NO2S. The molecule has 3 atom stereocenters. The van der Waals surface area contributed by atoms with Crippen molar-refractivity contribution in [1.29, 1.82) is 0 Å². The van der Waals surface area contributed by atoms with Crippen LogP contribution in [0.5, 0.6) is 0 Å². The van der Waals surface area contributed by atoms with Gasteiger partial charge in [-0.05, 0) is 33.1 Å². The molecule has 0 aromatic rings. The number of thioether (sulfide) groups is 1. The number of hydrogen-bond donors (Lipinski definition) is 2. The fourth-order valence-electron chi connectivity index (χ4n) is 1.99. The molecule has 0 aliphatic rings. The zero-order chi connectivity index (χ0) is 14.5. The second kappa shape index (κ2) is 7.39. The van der Waals surface area contributed by atoms with Crippen LogP contribution >= 0.6 is 11.8 Å². The van der Waals surface area contributed by atoms with E-state index in [1.165, 1.54) is 0 Å². The van der Waals surface area contributed by atoms with E-state index < -0.39 is 11.5 Å². The maximum absolute atomic E-state index is 11.4. The summed E-state index contributed by atoms with van der Waals surface area (Å²) < 4.78 is 0. The monoisotopic (exact) mass is 275 g/mol. The Hall–Kier alpha value is -0.220. The molecule has 0 aromatic heterocycles. The van der Waals surface area contributed by atoms with E-state index in [0.29, 0.717) is 22.8 Å². The second-order valence-corrected chi connectivity index (χ2v) is 7.86. The van der Waals surface area contributed by atoms with Gasteiger partial charge in [-0.15, -0.1) is 0 Å². The summed E-state index contributed by atoms with van der Waals surface area (Å²) >= 11 is 1.88. The molecule has 3 nitrogen and oxygen atoms in total. The molecular weight excluding hydrogens is 246 g/mol. The Morgan fingerprint density at radius 1 is 1.22 bits per heavy atom. The molecule has 0 aliphatic carbocycles. The van der Waals surface area contributed by atoms with Gasteiger partial charge in [0.1, 0.15) is 5.54 Å². The zero-order valence-corrected chi connectivity index (χ0v) is 13.6. The van der Waals surface area contributed by atoms with Gasteiger partial charge in [0.25, 0.3) is 0 Å². The standard InChI is InChI=1S/C14H29NO2S/c1-9(2)12(6)18-11(5)8-14(7,13(16)17)15-10(3)4/h9-12,15H,8H2,1-7H3,(H,16,17). The van der Waals surface area contributed by atoms with E-state index in [1.54, 1.807) is 6.92 Å². The fraction of sp³-hybridized carbons (Fsp3) is 0.929. The third kappa shape index (κ3) is 6.10. The summed E-state index contributed by atoms with van der Waals surface area (Å²) in [7, 11) is 0. The van der Waals surface area contributed by atoms with Gasteiger partial charge in [0.15, 0.2) is 0 Å². The van der Waals surface area contributed by atoms with Crippen molar-refractivity contribution in [2.45, 2.75) is 77.0 Å². The molecule has 108 valence electrons. The summed E-state index contributed by atoms with van der Waals surface area (Å²) in [6.45, 7) is 14.5. The fourth-order valence-corrected chi connectivity index (χ4v) is 3.47. The van der Waals surface area contributed by atoms with Gasteiger partial charge in [-0.1, -0.05) is 27.7 Å². The molecule has 0 aromatic carbocycles. The molecule has 0 saturated carbocycles. The first kappa shape index (κ1) is 17.8. The van der Waals surface area contributed by atoms with E-state index in [1.807, 2.05) is 25.6 Å². The predicted octanol–water partition coefficient (Wildman–Crippen LogP) is 3.38. The van der Waals surface area contributed by atoms with Crippen molar-refractivity contribution < 1.29 is 9.90 Å². The van der Waals surface area contributed by atoms with E-state index in [-0.39, 0.29) is 6.04 Å². The summed E-state index contributed by atoms with van der Waals surface area (Å²) in [5, 5.41) is 13.5. The first-order valence-corrected chi connectivity index (χ1v) is 7.69. The highest BCUT2D eigenvalue weighted by molar-refractivity contribution is 8.00. The third-order valence-corrected chi connectivity index (χ3v) is 4.77. The van der Waals surface area contributed by atoms with Crippen LogP contribution in [0.3, 0.4) is 0 Å². The minimum absolute atomic E-state index is 0.172. The lowest BCUT2D eigenvalue weighted by Gasteiger charge is -2.32. The van der Waals surface area contributed by atoms with Crippen LogP contribution in [0.4, 0.5) is 0 Å². The molecule has 0 heterocycles. The topological polar surface area (TPSA) is 49.3 Å². The molecule has 0 fully saturated rings. The normalized spacial score (nSPS) is 18.7. The first-order chi connectivity index (χ1) is 8.08. The lowest BCUT2D eigenvalue weighted by atomic mass is 9.95. The van der Waals surface area contributed by atoms with E-state index in [4.69, 9.17) is 0 Å². The van der Waals surface area contributed by atoms with Gasteiger partial charge in [-0.3, -0.25) is 10.1 Å². The van der Waals surface area contributed by atoms with Crippen molar-refractivity contribution in [3.8, 4) is 0 Å². The van der Waals surface area contributed by atoms with E-state index in [2.05, 4.69) is 33.0 Å². The number of carboxylic acid groups (broad SMARTS) is 1. The molecule has 0 saturated heterocycles. The van der Waals surface area contributed by atoms with Crippen molar-refractivity contribution >= 4 is 17.7 Å². The van der Waals surface area contributed by atoms with E-state index in [0.717, 1.165) is 0 Å². The lowest BCUT2D eigenvalue weighted by molar-refractivity contribution is -0.144. The molecule has 0 amide bonds. The molecule has 4 heteroatoms. The maximum atomic E-state index is 11.4. The SMILES string of the molecule is CC(C)NC(C)(CC(C)SC(C)C(C)C)C(=O)O. The zero-order valence-electron chi connectivity index (χ0n) is 12.8. The molecule has 2 N–H and O–H groups in total. The molecule has 18 heavy (non-hydrogen) atoms. The van der Waals surface area contributed by atoms with Crippen LogP contribution in [0.1, 0.15) is 54.9 Å². The Kier molecular flexibility index (Phi) is 7.30. The molecule has 0 radical (unpaired) electrons. The van der Waals surface area contributed by atoms with Gasteiger partial charge in [0, 0.05) is 16.5 Å². The Labute approximate surface area is 116 Å². The quantitative estimate of drug-likeness (QED) is 0.713. The highest BCUT2D eigenvalue weighted by atomic mass is 32.2. The minimum Gasteiger partial charge on any atom is -0.480 e. The van der Waals surface area contributed by atoms with Crippen LogP contribution in [0.25, 0.3) is 0 Å². The van der Waals surface area contributed by atoms with Crippen LogP contribution in [0.2, 0.25) is 0 Å². The molecule has 3 unspecified atom stereocenters. The Balaban J connectivity index is 4.55. The predicted molar refractivity (Wildman–Crippen MR) is 80.3 cm³/mol. The van der Waals surface area contributed by atoms with Crippen LogP contribution in [0.15, 0.2) is 0 Å². The number of carboxylic acids is 1. The maximum Gasteiger partial charge on any atom is 0.323 e. The highest BCUT2D eigenvalue weighted by Gasteiger charge is 2.35. The minimum atomic E-state index is -0.836. The van der Waals surface area contributed by atoms with Gasteiger partial charge in [-0.2, -0.15) is 11.8 Å². The van der Waals surface area contributed by atoms with Crippen molar-refractivity contribution in [2.24, 2.45) is 5.92 Å². The summed E-state index contributed by atoms with van der Waals surface area (Å²) in [6, 6.07) is 0.172. The molecule has 0 spiro atoms. The van der Waals surface area contributed by atoms with Crippen molar-refractivity contribution in [3.63, 3.8) is 0 Å². The third-order valence-electron chi connectivity index (χ3n) is 3.16. The summed E-state index contributed by atoms with van der Waals surface area (Å²) in [5.41, 5.74) is -0.836. The number of carbonyl (C=O) groups is 1. The van der Waals surface area contributed by atoms with Gasteiger partial charge in [-0.25, -0.2) is 0 Å². The number of aliphatic carboxylic acids is 1. The van der Waals surface area contributed by atoms with Crippen LogP contribution < -0.4 is 5.32 Å². The summed E-state index contributed by atoms with van der Waals surface area (Å²) in [5.74, 6) is -0.146. The van der Waals surface area contributed by atoms with Crippen molar-refractivity contribution in [1.82, 2.24) is 5.32 Å². The van der Waals surface area contributed by atoms with Gasteiger partial charge in [0.2, 0.25) is 0 Å². The largest absolute Gasteiger partial charge is 0.480 e. The Morgan fingerprint density at radius 2 is 1.72 bits per heavy atom. The Morgan fingerprint density at radius 3 is 2.06 bits per heavy atom. The van der Waals surface area contributed by atoms with Gasteiger partial charge < -0.3 is 5.11 Å². The smallest absolute Gasteiger partial charge is 0.323 e. The highest BCUT2D eigenvalue weighted by Crippen LogP contribution is 2.29. The number of hydrogen-bond acceptors (Lipinski definition) is 3. The number of rotatable bonds is 8. The van der Waals surface area contributed by atoms with Crippen LogP contribution in [-0.2, 0) is 4.79 Å². The van der Waals surface area contributed by atoms with Gasteiger partial charge >= 0.3 is 5.97 Å². The average molecular weight is 275 g/mol. The first-order valence-electron chi connectivity index (χ1n) is 6.75. The van der Waals surface area contributed by atoms with Crippen LogP contribution in [0, 0.1) is 5.92 Å². The van der Waals surface area contributed by atoms with Gasteiger partial charge in [0.05, 0.1) is 0 Å². The lowest BCUT2D eigenvalue weighted by Crippen LogP contribution is -2.53. The average Bonchev–Trinajstić information content (AvgIpc) is 2.14. The molecule has 0 aliphatic heterocycles. The Bertz CT molecular complexity index is 269. The van der Waals surface area contributed by atoms with E-state index in [9.17, 15) is 9.90 Å². The summed E-state index contributed by atoms with van der Waals surface area (Å²) in [6.07, 6.45) is 0.641. The second-order valence-electron chi connectivity index (χ2n) is 6.04. The summed E-state index contributed by atoms with van der Waals surface area (Å²) in [4.78, 5) is 11.4. The molecule has 0 rings (SSSR count). The van der Waals surface area contributed by atoms with Crippen LogP contribution in [-0.4, -0.2) is 33.2 Å². The number of nitrogens with one attached hydrogen (secondary N) is 1. The van der Waals surface area contributed by atoms with E-state index >= 15 is 0 Å². The van der Waals surface area contributed by atoms with Crippen molar-refractivity contribution in [2.75, 3.05) is 0 Å². The van der Waals surface area contributed by atoms with Crippen molar-refractivity contribution in [3.05, 3.63) is 0 Å². The molecule has 0 bridgehead atoms.